The zero-order chi connectivity index (χ0) is 17.2. The summed E-state index contributed by atoms with van der Waals surface area (Å²) in [5.74, 6) is 0.0885. The lowest BCUT2D eigenvalue weighted by molar-refractivity contribution is -0.137. The second kappa shape index (κ2) is 7.07. The molecule has 2 aliphatic rings. The molecule has 0 aliphatic carbocycles. The number of hydrogen-bond acceptors (Lipinski definition) is 4. The summed E-state index contributed by atoms with van der Waals surface area (Å²) in [5.41, 5.74) is -0.530. The van der Waals surface area contributed by atoms with Crippen LogP contribution < -0.4 is 0 Å². The van der Waals surface area contributed by atoms with E-state index >= 15 is 0 Å². The van der Waals surface area contributed by atoms with Crippen LogP contribution >= 0.6 is 0 Å². The number of carbonyl (C=O) groups is 2. The Morgan fingerprint density at radius 1 is 1.04 bits per heavy atom. The number of likely N-dealkylation sites (tertiary alicyclic amines) is 2. The minimum absolute atomic E-state index is 0.0885. The van der Waals surface area contributed by atoms with Crippen LogP contribution in [0.3, 0.4) is 0 Å². The smallest absolute Gasteiger partial charge is 0.410 e. The summed E-state index contributed by atoms with van der Waals surface area (Å²) in [6, 6.07) is 0.199. The maximum atomic E-state index is 12.8. The van der Waals surface area contributed by atoms with E-state index < -0.39 is 5.60 Å². The second-order valence-electron chi connectivity index (χ2n) is 7.85. The van der Waals surface area contributed by atoms with E-state index in [0.29, 0.717) is 12.6 Å². The van der Waals surface area contributed by atoms with Crippen LogP contribution in [0.1, 0.15) is 46.5 Å². The molecular weight excluding hydrogens is 294 g/mol. The van der Waals surface area contributed by atoms with Gasteiger partial charge >= 0.3 is 6.09 Å². The molecule has 0 bridgehead atoms. The number of nitrogens with zero attached hydrogens (tertiary/aromatic N) is 3. The highest BCUT2D eigenvalue weighted by atomic mass is 16.6. The van der Waals surface area contributed by atoms with E-state index in [1.165, 1.54) is 0 Å². The number of hydrogen-bond donors (Lipinski definition) is 0. The molecule has 1 atom stereocenters. The van der Waals surface area contributed by atoms with Gasteiger partial charge in [-0.05, 0) is 60.5 Å². The van der Waals surface area contributed by atoms with E-state index in [9.17, 15) is 9.59 Å². The molecule has 0 radical (unpaired) electrons. The molecule has 0 spiro atoms. The normalized spacial score (nSPS) is 23.5. The lowest BCUT2D eigenvalue weighted by Gasteiger charge is -2.37. The van der Waals surface area contributed by atoms with Crippen molar-refractivity contribution in [1.82, 2.24) is 14.7 Å². The van der Waals surface area contributed by atoms with Gasteiger partial charge in [0.05, 0.1) is 0 Å². The Hall–Kier alpha value is -1.30. The fourth-order valence-corrected chi connectivity index (χ4v) is 3.38. The monoisotopic (exact) mass is 325 g/mol. The van der Waals surface area contributed by atoms with E-state index in [4.69, 9.17) is 4.74 Å². The van der Waals surface area contributed by atoms with Crippen LogP contribution in [0.2, 0.25) is 0 Å². The summed E-state index contributed by atoms with van der Waals surface area (Å²) in [6.07, 6.45) is 3.24. The highest BCUT2D eigenvalue weighted by Crippen LogP contribution is 2.24. The average Bonchev–Trinajstić information content (AvgIpc) is 2.94. The first-order chi connectivity index (χ1) is 10.7. The standard InChI is InChI=1S/C17H31N3O3/c1-17(2,3)23-16(22)20-10-6-7-14(20)15(21)19-11-8-13(9-12-19)18(4)5/h13-14H,6-12H2,1-5H3/t14-/m0/s1. The quantitative estimate of drug-likeness (QED) is 0.778. The van der Waals surface area contributed by atoms with Crippen molar-refractivity contribution in [2.75, 3.05) is 33.7 Å². The number of carbonyl (C=O) groups excluding carboxylic acids is 2. The van der Waals surface area contributed by atoms with Crippen LogP contribution in [-0.2, 0) is 9.53 Å². The van der Waals surface area contributed by atoms with Gasteiger partial charge in [0.15, 0.2) is 0 Å². The summed E-state index contributed by atoms with van der Waals surface area (Å²) >= 11 is 0. The molecule has 0 unspecified atom stereocenters. The molecule has 6 nitrogen and oxygen atoms in total. The number of rotatable bonds is 2. The van der Waals surface area contributed by atoms with Crippen molar-refractivity contribution in [3.05, 3.63) is 0 Å². The lowest BCUT2D eigenvalue weighted by atomic mass is 10.0. The zero-order valence-corrected chi connectivity index (χ0v) is 15.2. The molecule has 0 aromatic heterocycles. The highest BCUT2D eigenvalue weighted by Gasteiger charge is 2.39. The van der Waals surface area contributed by atoms with E-state index in [-0.39, 0.29) is 18.0 Å². The van der Waals surface area contributed by atoms with E-state index in [2.05, 4.69) is 19.0 Å². The van der Waals surface area contributed by atoms with Crippen LogP contribution in [0.25, 0.3) is 0 Å². The van der Waals surface area contributed by atoms with Crippen LogP contribution in [0.15, 0.2) is 0 Å². The maximum Gasteiger partial charge on any atom is 0.410 e. The Bertz CT molecular complexity index is 437. The Morgan fingerprint density at radius 3 is 2.17 bits per heavy atom. The molecule has 2 heterocycles. The Balaban J connectivity index is 1.95. The second-order valence-corrected chi connectivity index (χ2v) is 7.85. The molecule has 2 amide bonds. The maximum absolute atomic E-state index is 12.8. The van der Waals surface area contributed by atoms with Crippen LogP contribution in [0.5, 0.6) is 0 Å². The molecule has 132 valence electrons. The Kier molecular flexibility index (Phi) is 5.55. The van der Waals surface area contributed by atoms with Gasteiger partial charge in [-0.2, -0.15) is 0 Å². The van der Waals surface area contributed by atoms with Gasteiger partial charge < -0.3 is 14.5 Å². The lowest BCUT2D eigenvalue weighted by Crippen LogP contribution is -2.52. The third-order valence-corrected chi connectivity index (χ3v) is 4.67. The highest BCUT2D eigenvalue weighted by molar-refractivity contribution is 5.86. The largest absolute Gasteiger partial charge is 0.444 e. The minimum Gasteiger partial charge on any atom is -0.444 e. The van der Waals surface area contributed by atoms with Gasteiger partial charge in [-0.1, -0.05) is 0 Å². The van der Waals surface area contributed by atoms with Crippen molar-refractivity contribution >= 4 is 12.0 Å². The summed E-state index contributed by atoms with van der Waals surface area (Å²) < 4.78 is 5.45. The van der Waals surface area contributed by atoms with Gasteiger partial charge in [-0.3, -0.25) is 9.69 Å². The van der Waals surface area contributed by atoms with E-state index in [1.54, 1.807) is 4.90 Å². The number of piperidine rings is 1. The predicted molar refractivity (Wildman–Crippen MR) is 89.3 cm³/mol. The molecule has 23 heavy (non-hydrogen) atoms. The van der Waals surface area contributed by atoms with Gasteiger partial charge in [0, 0.05) is 25.7 Å². The van der Waals surface area contributed by atoms with E-state index in [1.807, 2.05) is 25.7 Å². The molecule has 6 heteroatoms. The third kappa shape index (κ3) is 4.59. The zero-order valence-electron chi connectivity index (χ0n) is 15.2. The first kappa shape index (κ1) is 18.0. The van der Waals surface area contributed by atoms with Gasteiger partial charge in [0.25, 0.3) is 0 Å². The first-order valence-corrected chi connectivity index (χ1v) is 8.64. The predicted octanol–water partition coefficient (Wildman–Crippen LogP) is 1.94. The summed E-state index contributed by atoms with van der Waals surface area (Å²) in [4.78, 5) is 30.9. The summed E-state index contributed by atoms with van der Waals surface area (Å²) in [6.45, 7) is 7.72. The summed E-state index contributed by atoms with van der Waals surface area (Å²) in [7, 11) is 4.17. The molecule has 2 rings (SSSR count). The third-order valence-electron chi connectivity index (χ3n) is 4.67. The van der Waals surface area contributed by atoms with Crippen LogP contribution in [0, 0.1) is 0 Å². The van der Waals surface area contributed by atoms with Crippen molar-refractivity contribution in [2.24, 2.45) is 0 Å². The van der Waals surface area contributed by atoms with Crippen LogP contribution in [0.4, 0.5) is 4.79 Å². The van der Waals surface area contributed by atoms with Crippen molar-refractivity contribution in [3.63, 3.8) is 0 Å². The Morgan fingerprint density at radius 2 is 1.65 bits per heavy atom. The minimum atomic E-state index is -0.530. The molecule has 2 fully saturated rings. The Labute approximate surface area is 139 Å². The fourth-order valence-electron chi connectivity index (χ4n) is 3.38. The van der Waals surface area contributed by atoms with E-state index in [0.717, 1.165) is 38.8 Å². The molecule has 0 aromatic rings. The van der Waals surface area contributed by atoms with Gasteiger partial charge in [0.1, 0.15) is 11.6 Å². The van der Waals surface area contributed by atoms with Gasteiger partial charge in [0.2, 0.25) is 5.91 Å². The van der Waals surface area contributed by atoms with Gasteiger partial charge in [-0.25, -0.2) is 4.79 Å². The van der Waals surface area contributed by atoms with Crippen molar-refractivity contribution in [1.29, 1.82) is 0 Å². The fraction of sp³-hybridized carbons (Fsp3) is 0.882. The molecular formula is C17H31N3O3. The molecule has 0 N–H and O–H groups in total. The van der Waals surface area contributed by atoms with Crippen molar-refractivity contribution in [3.8, 4) is 0 Å². The summed E-state index contributed by atoms with van der Waals surface area (Å²) in [5, 5.41) is 0. The van der Waals surface area contributed by atoms with Crippen molar-refractivity contribution < 1.29 is 14.3 Å². The topological polar surface area (TPSA) is 53.1 Å². The first-order valence-electron chi connectivity index (χ1n) is 8.64. The van der Waals surface area contributed by atoms with Gasteiger partial charge in [-0.15, -0.1) is 0 Å². The molecule has 0 saturated carbocycles. The average molecular weight is 325 g/mol. The molecule has 0 aromatic carbocycles. The number of ether oxygens (including phenoxy) is 1. The number of amides is 2. The SMILES string of the molecule is CN(C)C1CCN(C(=O)[C@@H]2CCCN2C(=O)OC(C)(C)C)CC1. The van der Waals surface area contributed by atoms with Crippen LogP contribution in [-0.4, -0.2) is 78.1 Å². The van der Waals surface area contributed by atoms with Crippen molar-refractivity contribution in [2.45, 2.75) is 64.1 Å². The molecule has 2 saturated heterocycles. The molecule has 2 aliphatic heterocycles.